The highest BCUT2D eigenvalue weighted by Gasteiger charge is 2.53. The summed E-state index contributed by atoms with van der Waals surface area (Å²) in [4.78, 5) is 33.2. The summed E-state index contributed by atoms with van der Waals surface area (Å²) in [6.45, 7) is 1.86. The molecule has 1 aromatic carbocycles. The van der Waals surface area contributed by atoms with Crippen molar-refractivity contribution in [2.24, 2.45) is 5.92 Å². The van der Waals surface area contributed by atoms with Gasteiger partial charge < -0.3 is 4.74 Å². The summed E-state index contributed by atoms with van der Waals surface area (Å²) < 4.78 is 6.16. The maximum absolute atomic E-state index is 13.6. The van der Waals surface area contributed by atoms with Crippen LogP contribution >= 0.6 is 23.2 Å². The van der Waals surface area contributed by atoms with Crippen molar-refractivity contribution in [3.05, 3.63) is 70.1 Å². The molecule has 4 unspecified atom stereocenters. The summed E-state index contributed by atoms with van der Waals surface area (Å²) >= 11 is 12.6. The molecular weight excluding hydrogens is 423 g/mol. The van der Waals surface area contributed by atoms with Gasteiger partial charge in [-0.25, -0.2) is 4.98 Å². The Balaban J connectivity index is 1.66. The third-order valence-corrected chi connectivity index (χ3v) is 6.70. The third kappa shape index (κ3) is 3.12. The molecule has 0 spiro atoms. The van der Waals surface area contributed by atoms with Crippen LogP contribution in [0.15, 0.2) is 53.8 Å². The third-order valence-electron chi connectivity index (χ3n) is 6.07. The molecule has 154 valence electrons. The van der Waals surface area contributed by atoms with Gasteiger partial charge in [-0.05, 0) is 56.0 Å². The number of halogens is 2. The molecule has 0 radical (unpaired) electrons. The van der Waals surface area contributed by atoms with E-state index in [1.165, 1.54) is 0 Å². The molecule has 1 saturated carbocycles. The van der Waals surface area contributed by atoms with Crippen molar-refractivity contribution in [2.75, 3.05) is 4.90 Å². The average Bonchev–Trinajstić information content (AvgIpc) is 3.01. The molecule has 0 N–H and O–H groups in total. The van der Waals surface area contributed by atoms with Gasteiger partial charge in [0.2, 0.25) is 0 Å². The number of hydrogen-bond donors (Lipinski definition) is 0. The number of fused-ring (bicyclic) bond motifs is 1. The van der Waals surface area contributed by atoms with E-state index in [0.29, 0.717) is 29.3 Å². The second kappa shape index (κ2) is 7.40. The molecule has 3 heterocycles. The predicted molar refractivity (Wildman–Crippen MR) is 115 cm³/mol. The van der Waals surface area contributed by atoms with Crippen LogP contribution in [0.25, 0.3) is 0 Å². The molecule has 5 nitrogen and oxygen atoms in total. The first-order chi connectivity index (χ1) is 14.4. The Morgan fingerprint density at radius 3 is 2.70 bits per heavy atom. The number of Topliss-reactive ketones (excluding diaryl/α,β-unsaturated/α-hetero) is 1. The van der Waals surface area contributed by atoms with Crippen molar-refractivity contribution in [3.63, 3.8) is 0 Å². The summed E-state index contributed by atoms with van der Waals surface area (Å²) in [6, 6.07) is 12.1. The van der Waals surface area contributed by atoms with Gasteiger partial charge in [0.05, 0.1) is 17.5 Å². The van der Waals surface area contributed by atoms with Crippen LogP contribution in [-0.4, -0.2) is 28.2 Å². The number of anilines is 1. The molecule has 3 aliphatic rings. The van der Waals surface area contributed by atoms with Crippen LogP contribution in [0.4, 0.5) is 5.82 Å². The van der Waals surface area contributed by atoms with Gasteiger partial charge in [0.1, 0.15) is 11.9 Å². The Hall–Kier alpha value is -2.37. The lowest BCUT2D eigenvalue weighted by atomic mass is 9.77. The molecule has 5 rings (SSSR count). The fraction of sp³-hybridized carbons (Fsp3) is 0.348. The second-order valence-corrected chi connectivity index (χ2v) is 9.10. The fourth-order valence-corrected chi connectivity index (χ4v) is 5.22. The highest BCUT2D eigenvalue weighted by atomic mass is 35.5. The lowest BCUT2D eigenvalue weighted by Crippen LogP contribution is -2.41. The Morgan fingerprint density at radius 1 is 1.13 bits per heavy atom. The second-order valence-electron chi connectivity index (χ2n) is 8.05. The van der Waals surface area contributed by atoms with Crippen LogP contribution < -0.4 is 4.90 Å². The van der Waals surface area contributed by atoms with Gasteiger partial charge in [0.15, 0.2) is 11.5 Å². The number of aromatic nitrogens is 1. The van der Waals surface area contributed by atoms with Crippen molar-refractivity contribution < 1.29 is 14.3 Å². The van der Waals surface area contributed by atoms with E-state index in [4.69, 9.17) is 27.9 Å². The van der Waals surface area contributed by atoms with E-state index in [1.54, 1.807) is 23.1 Å². The zero-order chi connectivity index (χ0) is 21.0. The van der Waals surface area contributed by atoms with Crippen LogP contribution in [0.1, 0.15) is 36.6 Å². The number of nitrogens with zero attached hydrogens (tertiary/aromatic N) is 2. The number of rotatable bonds is 2. The first kappa shape index (κ1) is 19.6. The van der Waals surface area contributed by atoms with E-state index < -0.39 is 6.04 Å². The van der Waals surface area contributed by atoms with E-state index in [2.05, 4.69) is 4.98 Å². The van der Waals surface area contributed by atoms with Gasteiger partial charge in [-0.3, -0.25) is 14.5 Å². The zero-order valence-corrected chi connectivity index (χ0v) is 17.9. The zero-order valence-electron chi connectivity index (χ0n) is 16.3. The highest BCUT2D eigenvalue weighted by molar-refractivity contribution is 6.30. The van der Waals surface area contributed by atoms with Gasteiger partial charge in [-0.15, -0.1) is 11.6 Å². The Morgan fingerprint density at radius 2 is 1.93 bits per heavy atom. The fourth-order valence-electron chi connectivity index (χ4n) is 4.71. The average molecular weight is 443 g/mol. The maximum atomic E-state index is 13.6. The number of carbonyl (C=O) groups is 2. The predicted octanol–water partition coefficient (Wildman–Crippen LogP) is 4.76. The molecule has 1 aromatic heterocycles. The molecule has 7 heteroatoms. The van der Waals surface area contributed by atoms with Crippen LogP contribution in [0, 0.1) is 12.8 Å². The SMILES string of the molecule is Cc1cccc(N2C(=O)C3=C(C(=O)C4CC(Cl)CCC4O3)C2c2cccc(Cl)c2)n1. The number of alkyl halides is 1. The van der Waals surface area contributed by atoms with E-state index in [-0.39, 0.29) is 34.8 Å². The molecule has 0 saturated heterocycles. The minimum absolute atomic E-state index is 0.0555. The summed E-state index contributed by atoms with van der Waals surface area (Å²) in [5, 5.41) is 0.476. The number of aryl methyl sites for hydroxylation is 1. The van der Waals surface area contributed by atoms with Crippen molar-refractivity contribution in [1.29, 1.82) is 0 Å². The molecule has 1 amide bonds. The van der Waals surface area contributed by atoms with Crippen LogP contribution in [0.3, 0.4) is 0 Å². The summed E-state index contributed by atoms with van der Waals surface area (Å²) in [5.74, 6) is -0.107. The Labute approximate surface area is 184 Å². The summed E-state index contributed by atoms with van der Waals surface area (Å²) in [7, 11) is 0. The van der Waals surface area contributed by atoms with Gasteiger partial charge in [-0.2, -0.15) is 0 Å². The van der Waals surface area contributed by atoms with Crippen molar-refractivity contribution in [2.45, 2.75) is 43.7 Å². The van der Waals surface area contributed by atoms with Crippen LogP contribution in [0.2, 0.25) is 5.02 Å². The number of pyridine rings is 1. The van der Waals surface area contributed by atoms with Crippen LogP contribution in [0.5, 0.6) is 0 Å². The Kier molecular flexibility index (Phi) is 4.83. The summed E-state index contributed by atoms with van der Waals surface area (Å²) in [6.07, 6.45) is 1.69. The van der Waals surface area contributed by atoms with E-state index in [0.717, 1.165) is 17.7 Å². The topological polar surface area (TPSA) is 59.5 Å². The number of carbonyl (C=O) groups excluding carboxylic acids is 2. The van der Waals surface area contributed by atoms with E-state index in [1.807, 2.05) is 31.2 Å². The van der Waals surface area contributed by atoms with E-state index >= 15 is 0 Å². The van der Waals surface area contributed by atoms with Crippen molar-refractivity contribution >= 4 is 40.7 Å². The lowest BCUT2D eigenvalue weighted by Gasteiger charge is -2.37. The van der Waals surface area contributed by atoms with E-state index in [9.17, 15) is 9.59 Å². The van der Waals surface area contributed by atoms with Gasteiger partial charge in [-0.1, -0.05) is 29.8 Å². The molecule has 4 atom stereocenters. The number of benzene rings is 1. The molecule has 0 bridgehead atoms. The number of ketones is 1. The number of hydrogen-bond acceptors (Lipinski definition) is 4. The lowest BCUT2D eigenvalue weighted by molar-refractivity contribution is -0.131. The monoisotopic (exact) mass is 442 g/mol. The normalized spacial score (nSPS) is 28.3. The molecular formula is C23H20Cl2N2O3. The molecule has 2 aromatic rings. The van der Waals surface area contributed by atoms with Gasteiger partial charge in [0, 0.05) is 16.1 Å². The largest absolute Gasteiger partial charge is 0.483 e. The maximum Gasteiger partial charge on any atom is 0.295 e. The standard InChI is InChI=1S/C23H20Cl2N2O3/c1-12-4-2-7-18(26-12)27-20(13-5-3-6-14(24)10-13)19-21(28)16-11-15(25)8-9-17(16)30-22(19)23(27)29/h2-7,10,15-17,20H,8-9,11H2,1H3. The first-order valence-corrected chi connectivity index (χ1v) is 10.9. The summed E-state index contributed by atoms with van der Waals surface area (Å²) in [5.41, 5.74) is 1.91. The van der Waals surface area contributed by atoms with Gasteiger partial charge in [0.25, 0.3) is 5.91 Å². The molecule has 1 fully saturated rings. The van der Waals surface area contributed by atoms with Crippen molar-refractivity contribution in [3.8, 4) is 0 Å². The van der Waals surface area contributed by atoms with Crippen LogP contribution in [-0.2, 0) is 14.3 Å². The van der Waals surface area contributed by atoms with Crippen molar-refractivity contribution in [1.82, 2.24) is 4.98 Å². The number of ether oxygens (including phenoxy) is 1. The quantitative estimate of drug-likeness (QED) is 0.628. The minimum Gasteiger partial charge on any atom is -0.483 e. The number of amides is 1. The smallest absolute Gasteiger partial charge is 0.295 e. The highest BCUT2D eigenvalue weighted by Crippen LogP contribution is 2.48. The molecule has 2 aliphatic heterocycles. The minimum atomic E-state index is -0.635. The first-order valence-electron chi connectivity index (χ1n) is 10.1. The van der Waals surface area contributed by atoms with Gasteiger partial charge >= 0.3 is 0 Å². The Bertz CT molecular complexity index is 1080. The molecule has 30 heavy (non-hydrogen) atoms. The molecule has 1 aliphatic carbocycles.